The lowest BCUT2D eigenvalue weighted by molar-refractivity contribution is -0.160. The summed E-state index contributed by atoms with van der Waals surface area (Å²) in [7, 11) is 0. The van der Waals surface area contributed by atoms with Crippen molar-refractivity contribution in [3.05, 3.63) is 12.7 Å². The molecular weight excluding hydrogens is 300 g/mol. The minimum atomic E-state index is 0.576. The van der Waals surface area contributed by atoms with Crippen LogP contribution in [0.25, 0.3) is 0 Å². The summed E-state index contributed by atoms with van der Waals surface area (Å²) in [6, 6.07) is 0. The monoisotopic (exact) mass is 342 g/mol. The van der Waals surface area contributed by atoms with Gasteiger partial charge in [0.2, 0.25) is 0 Å². The standard InChI is InChI=1S/C25H42/c1-6-8-18-11-16-25(5)22-13-15-24(4)19(7-2)9-10-21(24)20(22)12-14-23(25,3)17-18/h7,18-22H,2,6,8-17H2,1,3-5H3. The molecule has 4 saturated carbocycles. The molecule has 0 saturated heterocycles. The molecule has 0 aromatic rings. The first-order valence-corrected chi connectivity index (χ1v) is 11.5. The molecule has 0 nitrogen and oxygen atoms in total. The van der Waals surface area contributed by atoms with Gasteiger partial charge in [0, 0.05) is 0 Å². The van der Waals surface area contributed by atoms with E-state index >= 15 is 0 Å². The van der Waals surface area contributed by atoms with E-state index in [1.165, 1.54) is 70.6 Å². The Hall–Kier alpha value is -0.260. The minimum absolute atomic E-state index is 0.576. The fraction of sp³-hybridized carbons (Fsp3) is 0.920. The van der Waals surface area contributed by atoms with Crippen molar-refractivity contribution in [3.8, 4) is 0 Å². The Morgan fingerprint density at radius 3 is 2.44 bits per heavy atom. The summed E-state index contributed by atoms with van der Waals surface area (Å²) < 4.78 is 0. The third kappa shape index (κ3) is 2.45. The van der Waals surface area contributed by atoms with Crippen LogP contribution in [0.2, 0.25) is 0 Å². The van der Waals surface area contributed by atoms with Gasteiger partial charge in [0.1, 0.15) is 0 Å². The summed E-state index contributed by atoms with van der Waals surface area (Å²) in [5.41, 5.74) is 1.82. The zero-order valence-corrected chi connectivity index (χ0v) is 17.4. The molecule has 4 rings (SSSR count). The van der Waals surface area contributed by atoms with Gasteiger partial charge in [-0.1, -0.05) is 46.6 Å². The summed E-state index contributed by atoms with van der Waals surface area (Å²) in [6.45, 7) is 14.6. The molecule has 4 aliphatic carbocycles. The third-order valence-electron chi connectivity index (χ3n) is 10.5. The molecule has 4 aliphatic rings. The van der Waals surface area contributed by atoms with Gasteiger partial charge in [0.15, 0.2) is 0 Å². The lowest BCUT2D eigenvalue weighted by Crippen LogP contribution is -2.57. The molecule has 0 heteroatoms. The Morgan fingerprint density at radius 1 is 0.920 bits per heavy atom. The van der Waals surface area contributed by atoms with E-state index in [0.717, 1.165) is 29.6 Å². The zero-order chi connectivity index (χ0) is 17.9. The maximum absolute atomic E-state index is 4.20. The SMILES string of the molecule is C=CC1CCC2C3CCC4(C)CC(CCC)CCC4(C)C3CCC12C. The summed E-state index contributed by atoms with van der Waals surface area (Å²) >= 11 is 0. The van der Waals surface area contributed by atoms with Crippen molar-refractivity contribution >= 4 is 0 Å². The first-order chi connectivity index (χ1) is 11.9. The van der Waals surface area contributed by atoms with Crippen molar-refractivity contribution < 1.29 is 0 Å². The normalized spacial score (nSPS) is 55.1. The number of fused-ring (bicyclic) bond motifs is 5. The number of hydrogen-bond acceptors (Lipinski definition) is 0. The number of allylic oxidation sites excluding steroid dienone is 1. The average molecular weight is 343 g/mol. The average Bonchev–Trinajstić information content (AvgIpc) is 2.92. The highest BCUT2D eigenvalue weighted by atomic mass is 14.7. The van der Waals surface area contributed by atoms with E-state index in [1.807, 2.05) is 0 Å². The second kappa shape index (κ2) is 6.13. The molecule has 0 aromatic heterocycles. The minimum Gasteiger partial charge on any atom is -0.103 e. The third-order valence-corrected chi connectivity index (χ3v) is 10.5. The van der Waals surface area contributed by atoms with Gasteiger partial charge in [-0.05, 0) is 104 Å². The van der Waals surface area contributed by atoms with E-state index in [0.29, 0.717) is 16.2 Å². The summed E-state index contributed by atoms with van der Waals surface area (Å²) in [5, 5.41) is 0. The Morgan fingerprint density at radius 2 is 1.72 bits per heavy atom. The van der Waals surface area contributed by atoms with Crippen molar-refractivity contribution in [1.29, 1.82) is 0 Å². The van der Waals surface area contributed by atoms with Crippen LogP contribution in [0.5, 0.6) is 0 Å². The zero-order valence-electron chi connectivity index (χ0n) is 17.4. The second-order valence-electron chi connectivity index (χ2n) is 11.3. The molecule has 0 heterocycles. The van der Waals surface area contributed by atoms with Gasteiger partial charge < -0.3 is 0 Å². The van der Waals surface area contributed by atoms with Crippen LogP contribution >= 0.6 is 0 Å². The topological polar surface area (TPSA) is 0 Å². The van der Waals surface area contributed by atoms with Gasteiger partial charge in [-0.25, -0.2) is 0 Å². The van der Waals surface area contributed by atoms with Crippen LogP contribution < -0.4 is 0 Å². The highest BCUT2D eigenvalue weighted by Gasteiger charge is 2.62. The van der Waals surface area contributed by atoms with Gasteiger partial charge >= 0.3 is 0 Å². The van der Waals surface area contributed by atoms with E-state index in [9.17, 15) is 0 Å². The lowest BCUT2D eigenvalue weighted by Gasteiger charge is -2.65. The summed E-state index contributed by atoms with van der Waals surface area (Å²) in [5.74, 6) is 4.83. The predicted molar refractivity (Wildman–Crippen MR) is 108 cm³/mol. The van der Waals surface area contributed by atoms with E-state index < -0.39 is 0 Å². The second-order valence-corrected chi connectivity index (χ2v) is 11.3. The lowest BCUT2D eigenvalue weighted by atomic mass is 9.39. The first kappa shape index (κ1) is 18.1. The van der Waals surface area contributed by atoms with E-state index in [2.05, 4.69) is 40.3 Å². The maximum atomic E-state index is 4.20. The molecule has 0 aliphatic heterocycles. The fourth-order valence-corrected chi connectivity index (χ4v) is 8.85. The number of rotatable bonds is 3. The van der Waals surface area contributed by atoms with Gasteiger partial charge in [-0.15, -0.1) is 6.58 Å². The van der Waals surface area contributed by atoms with Crippen LogP contribution in [0.4, 0.5) is 0 Å². The molecule has 4 fully saturated rings. The highest BCUT2D eigenvalue weighted by Crippen LogP contribution is 2.71. The number of hydrogen-bond donors (Lipinski definition) is 0. The van der Waals surface area contributed by atoms with Crippen molar-refractivity contribution in [2.45, 2.75) is 98.3 Å². The van der Waals surface area contributed by atoms with Crippen molar-refractivity contribution in [3.63, 3.8) is 0 Å². The van der Waals surface area contributed by atoms with Crippen LogP contribution in [-0.4, -0.2) is 0 Å². The molecule has 0 spiro atoms. The molecule has 0 N–H and O–H groups in total. The maximum Gasteiger partial charge on any atom is -0.0179 e. The van der Waals surface area contributed by atoms with Gasteiger partial charge in [0.05, 0.1) is 0 Å². The fourth-order valence-electron chi connectivity index (χ4n) is 8.85. The van der Waals surface area contributed by atoms with Crippen molar-refractivity contribution in [2.24, 2.45) is 45.8 Å². The van der Waals surface area contributed by atoms with E-state index in [1.54, 1.807) is 0 Å². The largest absolute Gasteiger partial charge is 0.103 e. The van der Waals surface area contributed by atoms with E-state index in [4.69, 9.17) is 0 Å². The van der Waals surface area contributed by atoms with Gasteiger partial charge in [0.25, 0.3) is 0 Å². The molecule has 0 amide bonds. The molecule has 0 radical (unpaired) electrons. The van der Waals surface area contributed by atoms with Gasteiger partial charge in [-0.3, -0.25) is 0 Å². The predicted octanol–water partition coefficient (Wildman–Crippen LogP) is 7.64. The Balaban J connectivity index is 1.60. The molecule has 0 bridgehead atoms. The first-order valence-electron chi connectivity index (χ1n) is 11.5. The van der Waals surface area contributed by atoms with Crippen LogP contribution in [0.15, 0.2) is 12.7 Å². The Labute approximate surface area is 157 Å². The van der Waals surface area contributed by atoms with Crippen LogP contribution in [0, 0.1) is 45.8 Å². The van der Waals surface area contributed by atoms with Crippen LogP contribution in [0.3, 0.4) is 0 Å². The Kier molecular flexibility index (Phi) is 4.45. The molecular formula is C25H42. The molecule has 25 heavy (non-hydrogen) atoms. The van der Waals surface area contributed by atoms with Crippen molar-refractivity contribution in [2.75, 3.05) is 0 Å². The van der Waals surface area contributed by atoms with Crippen LogP contribution in [0.1, 0.15) is 98.3 Å². The summed E-state index contributed by atoms with van der Waals surface area (Å²) in [6.07, 6.45) is 18.6. The molecule has 142 valence electrons. The van der Waals surface area contributed by atoms with Crippen molar-refractivity contribution in [1.82, 2.24) is 0 Å². The molecule has 0 aromatic carbocycles. The Bertz CT molecular complexity index is 520. The van der Waals surface area contributed by atoms with Gasteiger partial charge in [-0.2, -0.15) is 0 Å². The molecule has 8 atom stereocenters. The molecule has 8 unspecified atom stereocenters. The summed E-state index contributed by atoms with van der Waals surface area (Å²) in [4.78, 5) is 0. The smallest absolute Gasteiger partial charge is 0.0179 e. The quantitative estimate of drug-likeness (QED) is 0.462. The van der Waals surface area contributed by atoms with E-state index in [-0.39, 0.29) is 0 Å². The highest BCUT2D eigenvalue weighted by molar-refractivity contribution is 5.13. The van der Waals surface area contributed by atoms with Crippen LogP contribution in [-0.2, 0) is 0 Å².